The second kappa shape index (κ2) is 45.4. The fourth-order valence-corrected chi connectivity index (χ4v) is 7.20. The van der Waals surface area contributed by atoms with Gasteiger partial charge in [0.15, 0.2) is 6.10 Å². The maximum atomic E-state index is 12.7. The van der Waals surface area contributed by atoms with Crippen molar-refractivity contribution in [2.45, 2.75) is 200 Å². The molecule has 0 radical (unpaired) electrons. The summed E-state index contributed by atoms with van der Waals surface area (Å²) in [6.07, 6.45) is 59.0. The number of hydrogen-bond donors (Lipinski definition) is 0. The first-order chi connectivity index (χ1) is 31.0. The number of rotatable bonds is 45. The third-order valence-electron chi connectivity index (χ3n) is 10.4. The summed E-state index contributed by atoms with van der Waals surface area (Å²) in [7, 11) is 1.13. The summed E-state index contributed by atoms with van der Waals surface area (Å²) in [5.74, 6) is -0.881. The molecule has 0 bridgehead atoms. The van der Waals surface area contributed by atoms with Crippen molar-refractivity contribution in [2.75, 3.05) is 47.5 Å². The second-order valence-electron chi connectivity index (χ2n) is 17.8. The number of nitrogens with zero attached hydrogens (tertiary/aromatic N) is 1. The zero-order valence-corrected chi connectivity index (χ0v) is 42.3. The predicted octanol–water partition coefficient (Wildman–Crippen LogP) is 14.5. The Kier molecular flexibility index (Phi) is 43.4. The number of phosphoric acid groups is 1. The van der Waals surface area contributed by atoms with Gasteiger partial charge < -0.3 is 27.9 Å². The number of hydrogen-bond acceptors (Lipinski definition) is 8. The van der Waals surface area contributed by atoms with Crippen LogP contribution in [0.25, 0.3) is 0 Å². The number of carbonyl (C=O) groups is 2. The molecule has 0 N–H and O–H groups in total. The van der Waals surface area contributed by atoms with Crippen LogP contribution in [0, 0.1) is 0 Å². The summed E-state index contributed by atoms with van der Waals surface area (Å²) in [6, 6.07) is 0. The third-order valence-corrected chi connectivity index (χ3v) is 11.4. The highest BCUT2D eigenvalue weighted by Crippen LogP contribution is 2.38. The van der Waals surface area contributed by atoms with E-state index in [9.17, 15) is 19.0 Å². The van der Waals surface area contributed by atoms with Crippen LogP contribution >= 0.6 is 7.82 Å². The summed E-state index contributed by atoms with van der Waals surface area (Å²) in [6.45, 7) is 4.06. The number of ether oxygens (including phenoxy) is 2. The highest BCUT2D eigenvalue weighted by Gasteiger charge is 2.21. The first-order valence-corrected chi connectivity index (χ1v) is 26.8. The molecule has 0 saturated carbocycles. The van der Waals surface area contributed by atoms with Crippen LogP contribution in [0.1, 0.15) is 194 Å². The van der Waals surface area contributed by atoms with Crippen LogP contribution in [0.5, 0.6) is 0 Å². The number of phosphoric ester groups is 1. The zero-order chi connectivity index (χ0) is 47.1. The van der Waals surface area contributed by atoms with E-state index in [0.29, 0.717) is 17.4 Å². The smallest absolute Gasteiger partial charge is 0.306 e. The van der Waals surface area contributed by atoms with Crippen molar-refractivity contribution in [2.24, 2.45) is 0 Å². The molecule has 0 aliphatic heterocycles. The van der Waals surface area contributed by atoms with Gasteiger partial charge in [-0.25, -0.2) is 0 Å². The maximum Gasteiger partial charge on any atom is 0.306 e. The van der Waals surface area contributed by atoms with Gasteiger partial charge in [0.05, 0.1) is 27.7 Å². The summed E-state index contributed by atoms with van der Waals surface area (Å²) < 4.78 is 34.0. The van der Waals surface area contributed by atoms with E-state index in [1.165, 1.54) is 70.6 Å². The summed E-state index contributed by atoms with van der Waals surface area (Å²) in [5, 5.41) is 0. The monoisotopic (exact) mass is 916 g/mol. The number of carbonyl (C=O) groups excluding carboxylic acids is 2. The van der Waals surface area contributed by atoms with Gasteiger partial charge in [-0.2, -0.15) is 0 Å². The normalized spacial score (nSPS) is 14.2. The van der Waals surface area contributed by atoms with Gasteiger partial charge in [-0.1, -0.05) is 176 Å². The minimum absolute atomic E-state index is 0.0427. The Morgan fingerprint density at radius 3 is 1.34 bits per heavy atom. The lowest BCUT2D eigenvalue weighted by Crippen LogP contribution is -2.37. The molecule has 0 spiro atoms. The van der Waals surface area contributed by atoms with Crippen molar-refractivity contribution < 1.29 is 42.1 Å². The van der Waals surface area contributed by atoms with Gasteiger partial charge in [-0.05, 0) is 89.9 Å². The van der Waals surface area contributed by atoms with Gasteiger partial charge in [-0.3, -0.25) is 14.2 Å². The van der Waals surface area contributed by atoms with E-state index in [0.717, 1.165) is 89.9 Å². The highest BCUT2D eigenvalue weighted by molar-refractivity contribution is 7.45. The van der Waals surface area contributed by atoms with E-state index in [4.69, 9.17) is 18.5 Å². The molecule has 0 heterocycles. The Labute approximate surface area is 392 Å². The van der Waals surface area contributed by atoms with Crippen LogP contribution in [0.3, 0.4) is 0 Å². The van der Waals surface area contributed by atoms with Crippen LogP contribution in [0.4, 0.5) is 0 Å². The minimum Gasteiger partial charge on any atom is -0.756 e. The van der Waals surface area contributed by atoms with Gasteiger partial charge >= 0.3 is 11.9 Å². The Balaban J connectivity index is 4.34. The van der Waals surface area contributed by atoms with Crippen molar-refractivity contribution >= 4 is 19.8 Å². The minimum atomic E-state index is -4.65. The SMILES string of the molecule is CC/C=C\C/C=C\C/C=C\C/C=C\C/C=C\CCCCCC(=O)OC(COC(=O)CCCCCCCCCCC/C=C\C/C=C\CCCCCCC)COP(=O)([O-])OCC[N+](C)(C)C. The molecule has 0 aromatic rings. The standard InChI is InChI=1S/C54H94NO8P/c1-6-8-10-12-14-16-18-20-22-24-26-27-29-30-32-34-36-38-40-42-44-46-53(56)60-50-52(51-62-64(58,59)61-49-48-55(3,4)5)63-54(57)47-45-43-41-39-37-35-33-31-28-25-23-21-19-17-15-13-11-9-7-2/h9,11,15,17-18,20-21,23-24,26,28,31,35,37,52H,6-8,10,12-14,16,19,22,25,27,29-30,32-34,36,38-51H2,1-5H3/b11-9-,17-15-,20-18-,23-21-,26-24-,31-28-,37-35-. The molecule has 2 atom stereocenters. The second-order valence-corrected chi connectivity index (χ2v) is 19.2. The average molecular weight is 916 g/mol. The third kappa shape index (κ3) is 48.6. The fourth-order valence-electron chi connectivity index (χ4n) is 6.48. The first kappa shape index (κ1) is 61.2. The molecule has 0 aliphatic rings. The molecule has 0 aliphatic carbocycles. The molecule has 9 nitrogen and oxygen atoms in total. The lowest BCUT2D eigenvalue weighted by molar-refractivity contribution is -0.870. The zero-order valence-electron chi connectivity index (χ0n) is 41.4. The topological polar surface area (TPSA) is 111 Å². The number of likely N-dealkylation sites (N-methyl/N-ethyl adjacent to an activating group) is 1. The largest absolute Gasteiger partial charge is 0.756 e. The highest BCUT2D eigenvalue weighted by atomic mass is 31.2. The van der Waals surface area contributed by atoms with Crippen LogP contribution in [0.2, 0.25) is 0 Å². The van der Waals surface area contributed by atoms with Gasteiger partial charge in [0.2, 0.25) is 0 Å². The molecular formula is C54H94NO8P. The molecule has 0 amide bonds. The Bertz CT molecular complexity index is 1360. The molecular weight excluding hydrogens is 822 g/mol. The molecule has 10 heteroatoms. The van der Waals surface area contributed by atoms with Gasteiger partial charge in [-0.15, -0.1) is 0 Å². The van der Waals surface area contributed by atoms with E-state index < -0.39 is 32.5 Å². The van der Waals surface area contributed by atoms with Crippen LogP contribution < -0.4 is 4.89 Å². The molecule has 2 unspecified atom stereocenters. The lowest BCUT2D eigenvalue weighted by atomic mass is 10.1. The quantitative estimate of drug-likeness (QED) is 0.0195. The summed E-state index contributed by atoms with van der Waals surface area (Å²) >= 11 is 0. The lowest BCUT2D eigenvalue weighted by Gasteiger charge is -2.28. The molecule has 0 aromatic carbocycles. The number of unbranched alkanes of at least 4 members (excludes halogenated alkanes) is 17. The van der Waals surface area contributed by atoms with E-state index >= 15 is 0 Å². The van der Waals surface area contributed by atoms with Crippen LogP contribution in [-0.4, -0.2) is 70.0 Å². The Morgan fingerprint density at radius 2 is 0.891 bits per heavy atom. The van der Waals surface area contributed by atoms with Gasteiger partial charge in [0.1, 0.15) is 19.8 Å². The molecule has 0 fully saturated rings. The predicted molar refractivity (Wildman–Crippen MR) is 268 cm³/mol. The van der Waals surface area contributed by atoms with Crippen LogP contribution in [0.15, 0.2) is 85.1 Å². The van der Waals surface area contributed by atoms with Crippen molar-refractivity contribution in [3.63, 3.8) is 0 Å². The van der Waals surface area contributed by atoms with Gasteiger partial charge in [0.25, 0.3) is 7.82 Å². The average Bonchev–Trinajstić information content (AvgIpc) is 3.25. The molecule has 368 valence electrons. The molecule has 64 heavy (non-hydrogen) atoms. The summed E-state index contributed by atoms with van der Waals surface area (Å²) in [5.41, 5.74) is 0. The number of quaternary nitrogens is 1. The van der Waals surface area contributed by atoms with E-state index in [1.54, 1.807) is 0 Å². The van der Waals surface area contributed by atoms with Crippen molar-refractivity contribution in [3.05, 3.63) is 85.1 Å². The van der Waals surface area contributed by atoms with Crippen molar-refractivity contribution in [1.82, 2.24) is 0 Å². The molecule has 0 saturated heterocycles. The fraction of sp³-hybridized carbons (Fsp3) is 0.704. The van der Waals surface area contributed by atoms with E-state index in [-0.39, 0.29) is 26.1 Å². The maximum absolute atomic E-state index is 12.7. The van der Waals surface area contributed by atoms with Crippen molar-refractivity contribution in [3.8, 4) is 0 Å². The van der Waals surface area contributed by atoms with Gasteiger partial charge in [0, 0.05) is 12.8 Å². The summed E-state index contributed by atoms with van der Waals surface area (Å²) in [4.78, 5) is 37.7. The Morgan fingerprint density at radius 1 is 0.500 bits per heavy atom. The number of esters is 2. The first-order valence-electron chi connectivity index (χ1n) is 25.3. The van der Waals surface area contributed by atoms with E-state index in [1.807, 2.05) is 21.1 Å². The van der Waals surface area contributed by atoms with Crippen molar-refractivity contribution in [1.29, 1.82) is 0 Å². The molecule has 0 rings (SSSR count). The number of allylic oxidation sites excluding steroid dienone is 14. The Hall–Kier alpha value is -2.81. The van der Waals surface area contributed by atoms with Crippen LogP contribution in [-0.2, 0) is 32.7 Å². The molecule has 0 aromatic heterocycles. The van der Waals surface area contributed by atoms with E-state index in [2.05, 4.69) is 98.9 Å².